The average molecular weight is 207 g/mol. The molecule has 84 valence electrons. The van der Waals surface area contributed by atoms with Crippen LogP contribution in [-0.4, -0.2) is 36.1 Å². The van der Waals surface area contributed by atoms with Gasteiger partial charge in [0.1, 0.15) is 0 Å². The van der Waals surface area contributed by atoms with E-state index < -0.39 is 0 Å². The van der Waals surface area contributed by atoms with Gasteiger partial charge >= 0.3 is 0 Å². The van der Waals surface area contributed by atoms with Crippen molar-refractivity contribution in [3.63, 3.8) is 0 Å². The number of anilines is 1. The molecule has 0 saturated heterocycles. The van der Waals surface area contributed by atoms with E-state index in [4.69, 9.17) is 0 Å². The van der Waals surface area contributed by atoms with Gasteiger partial charge in [-0.2, -0.15) is 0 Å². The smallest absolute Gasteiger partial charge is 0.0401 e. The number of aryl methyl sites for hydroxylation is 1. The van der Waals surface area contributed by atoms with Crippen molar-refractivity contribution < 1.29 is 0 Å². The molecule has 0 aliphatic heterocycles. The molecule has 1 N–H and O–H groups in total. The van der Waals surface area contributed by atoms with Crippen LogP contribution in [0.3, 0.4) is 0 Å². The van der Waals surface area contributed by atoms with Gasteiger partial charge in [0.15, 0.2) is 0 Å². The Morgan fingerprint density at radius 2 is 2.20 bits per heavy atom. The van der Waals surface area contributed by atoms with Gasteiger partial charge in [-0.25, -0.2) is 0 Å². The molecule has 3 heteroatoms. The molecular weight excluding hydrogens is 186 g/mol. The Bertz CT molecular complexity index is 297. The highest BCUT2D eigenvalue weighted by molar-refractivity contribution is 5.48. The fraction of sp³-hybridized carbons (Fsp3) is 0.583. The molecule has 3 nitrogen and oxygen atoms in total. The van der Waals surface area contributed by atoms with Gasteiger partial charge in [0.25, 0.3) is 0 Å². The fourth-order valence-corrected chi connectivity index (χ4v) is 1.30. The van der Waals surface area contributed by atoms with Crippen LogP contribution < -0.4 is 5.32 Å². The first-order valence-corrected chi connectivity index (χ1v) is 5.46. The monoisotopic (exact) mass is 207 g/mol. The molecule has 0 aliphatic carbocycles. The number of aromatic nitrogens is 1. The van der Waals surface area contributed by atoms with E-state index in [1.54, 1.807) is 0 Å². The van der Waals surface area contributed by atoms with Gasteiger partial charge in [0.2, 0.25) is 0 Å². The first-order chi connectivity index (χ1) is 7.11. The Labute approximate surface area is 92.5 Å². The highest BCUT2D eigenvalue weighted by Gasteiger charge is 2.02. The first-order valence-electron chi connectivity index (χ1n) is 5.46. The minimum absolute atomic E-state index is 0.602. The second kappa shape index (κ2) is 5.71. The molecule has 0 amide bonds. The molecule has 15 heavy (non-hydrogen) atoms. The summed E-state index contributed by atoms with van der Waals surface area (Å²) in [5.41, 5.74) is 2.38. The molecule has 0 radical (unpaired) electrons. The predicted octanol–water partition coefficient (Wildman–Crippen LogP) is 2.14. The van der Waals surface area contributed by atoms with E-state index in [-0.39, 0.29) is 0 Å². The Morgan fingerprint density at radius 1 is 1.47 bits per heavy atom. The van der Waals surface area contributed by atoms with Gasteiger partial charge in [-0.15, -0.1) is 0 Å². The van der Waals surface area contributed by atoms with E-state index in [9.17, 15) is 0 Å². The first kappa shape index (κ1) is 12.0. The van der Waals surface area contributed by atoms with Crippen LogP contribution in [0, 0.1) is 6.92 Å². The predicted molar refractivity (Wildman–Crippen MR) is 65.2 cm³/mol. The summed E-state index contributed by atoms with van der Waals surface area (Å²) in [5, 5.41) is 3.42. The van der Waals surface area contributed by atoms with Crippen LogP contribution in [0.4, 0.5) is 5.69 Å². The maximum Gasteiger partial charge on any atom is 0.0401 e. The van der Waals surface area contributed by atoms with Crippen LogP contribution in [0.1, 0.15) is 19.4 Å². The van der Waals surface area contributed by atoms with Crippen molar-refractivity contribution in [2.75, 3.05) is 25.5 Å². The second-order valence-corrected chi connectivity index (χ2v) is 4.19. The highest BCUT2D eigenvalue weighted by Crippen LogP contribution is 2.10. The lowest BCUT2D eigenvalue weighted by atomic mass is 10.2. The summed E-state index contributed by atoms with van der Waals surface area (Å²) in [6.45, 7) is 8.51. The van der Waals surface area contributed by atoms with Gasteiger partial charge in [-0.3, -0.25) is 4.98 Å². The van der Waals surface area contributed by atoms with Crippen molar-refractivity contribution in [2.24, 2.45) is 0 Å². The van der Waals surface area contributed by atoms with Crippen LogP contribution in [0.15, 0.2) is 18.5 Å². The van der Waals surface area contributed by atoms with E-state index in [1.807, 2.05) is 18.5 Å². The van der Waals surface area contributed by atoms with Gasteiger partial charge in [-0.1, -0.05) is 0 Å². The normalized spacial score (nSPS) is 11.1. The van der Waals surface area contributed by atoms with Crippen molar-refractivity contribution in [3.8, 4) is 0 Å². The van der Waals surface area contributed by atoms with Crippen molar-refractivity contribution in [3.05, 3.63) is 24.0 Å². The zero-order valence-corrected chi connectivity index (χ0v) is 10.1. The van der Waals surface area contributed by atoms with Gasteiger partial charge in [0.05, 0.1) is 0 Å². The molecule has 0 unspecified atom stereocenters. The Kier molecular flexibility index (Phi) is 4.56. The Morgan fingerprint density at radius 3 is 2.80 bits per heavy atom. The minimum atomic E-state index is 0.602. The number of rotatable bonds is 5. The summed E-state index contributed by atoms with van der Waals surface area (Å²) in [4.78, 5) is 6.39. The van der Waals surface area contributed by atoms with Crippen LogP contribution in [0.5, 0.6) is 0 Å². The largest absolute Gasteiger partial charge is 0.383 e. The molecule has 0 bridgehead atoms. The van der Waals surface area contributed by atoms with Crippen molar-refractivity contribution in [2.45, 2.75) is 26.8 Å². The molecule has 0 saturated carbocycles. The topological polar surface area (TPSA) is 28.2 Å². The Hall–Kier alpha value is -1.09. The van der Waals surface area contributed by atoms with E-state index in [0.717, 1.165) is 13.1 Å². The summed E-state index contributed by atoms with van der Waals surface area (Å²) < 4.78 is 0. The summed E-state index contributed by atoms with van der Waals surface area (Å²) in [5.74, 6) is 0. The summed E-state index contributed by atoms with van der Waals surface area (Å²) in [6, 6.07) is 2.62. The number of nitrogens with one attached hydrogen (secondary N) is 1. The van der Waals surface area contributed by atoms with E-state index in [0.29, 0.717) is 6.04 Å². The fourth-order valence-electron chi connectivity index (χ4n) is 1.30. The number of nitrogens with zero attached hydrogens (tertiary/aromatic N) is 2. The molecule has 0 aromatic carbocycles. The third kappa shape index (κ3) is 3.88. The quantitative estimate of drug-likeness (QED) is 0.802. The third-order valence-electron chi connectivity index (χ3n) is 2.68. The van der Waals surface area contributed by atoms with Gasteiger partial charge in [-0.05, 0) is 39.4 Å². The summed E-state index contributed by atoms with van der Waals surface area (Å²) in [7, 11) is 2.14. The number of hydrogen-bond acceptors (Lipinski definition) is 3. The number of pyridine rings is 1. The van der Waals surface area contributed by atoms with Gasteiger partial charge in [0, 0.05) is 37.2 Å². The van der Waals surface area contributed by atoms with E-state index >= 15 is 0 Å². The second-order valence-electron chi connectivity index (χ2n) is 4.19. The van der Waals surface area contributed by atoms with Crippen LogP contribution in [-0.2, 0) is 0 Å². The maximum absolute atomic E-state index is 4.07. The molecule has 0 spiro atoms. The SMILES string of the molecule is Cc1cnccc1NCCN(C)C(C)C. The maximum atomic E-state index is 4.07. The molecular formula is C12H21N3. The third-order valence-corrected chi connectivity index (χ3v) is 2.68. The molecule has 1 rings (SSSR count). The van der Waals surface area contributed by atoms with E-state index in [2.05, 4.69) is 43.0 Å². The lowest BCUT2D eigenvalue weighted by Crippen LogP contribution is -2.31. The van der Waals surface area contributed by atoms with E-state index in [1.165, 1.54) is 11.3 Å². The van der Waals surface area contributed by atoms with Crippen molar-refractivity contribution >= 4 is 5.69 Å². The zero-order chi connectivity index (χ0) is 11.3. The number of hydrogen-bond donors (Lipinski definition) is 1. The lowest BCUT2D eigenvalue weighted by Gasteiger charge is -2.21. The summed E-state index contributed by atoms with van der Waals surface area (Å²) >= 11 is 0. The van der Waals surface area contributed by atoms with Crippen LogP contribution >= 0.6 is 0 Å². The molecule has 1 aromatic rings. The van der Waals surface area contributed by atoms with Crippen LogP contribution in [0.2, 0.25) is 0 Å². The zero-order valence-electron chi connectivity index (χ0n) is 10.1. The highest BCUT2D eigenvalue weighted by atomic mass is 15.1. The molecule has 1 heterocycles. The van der Waals surface area contributed by atoms with Gasteiger partial charge < -0.3 is 10.2 Å². The average Bonchev–Trinajstić information content (AvgIpc) is 2.20. The Balaban J connectivity index is 2.35. The van der Waals surface area contributed by atoms with Crippen molar-refractivity contribution in [1.82, 2.24) is 9.88 Å². The summed E-state index contributed by atoms with van der Waals surface area (Å²) in [6.07, 6.45) is 3.70. The number of likely N-dealkylation sites (N-methyl/N-ethyl adjacent to an activating group) is 1. The van der Waals surface area contributed by atoms with Crippen molar-refractivity contribution in [1.29, 1.82) is 0 Å². The molecule has 0 atom stereocenters. The standard InChI is InChI=1S/C12H21N3/c1-10(2)15(4)8-7-14-12-5-6-13-9-11(12)3/h5-6,9-10H,7-8H2,1-4H3,(H,13,14). The molecule has 0 aliphatic rings. The lowest BCUT2D eigenvalue weighted by molar-refractivity contribution is 0.284. The minimum Gasteiger partial charge on any atom is -0.383 e. The molecule has 0 fully saturated rings. The van der Waals surface area contributed by atoms with Crippen LogP contribution in [0.25, 0.3) is 0 Å². The molecule has 1 aromatic heterocycles.